The molecule has 13 heavy (non-hydrogen) atoms. The Morgan fingerprint density at radius 1 is 1.46 bits per heavy atom. The van der Waals surface area contributed by atoms with Crippen LogP contribution in [0.15, 0.2) is 18.2 Å². The van der Waals surface area contributed by atoms with Crippen LogP contribution in [0.3, 0.4) is 0 Å². The Bertz CT molecular complexity index is 286. The van der Waals surface area contributed by atoms with Gasteiger partial charge in [-0.3, -0.25) is 0 Å². The fraction of sp³-hybridized carbons (Fsp3) is 0.500. The fourth-order valence-corrected chi connectivity index (χ4v) is 1.47. The van der Waals surface area contributed by atoms with E-state index in [0.29, 0.717) is 5.15 Å². The highest BCUT2D eigenvalue weighted by Crippen LogP contribution is 2.23. The summed E-state index contributed by atoms with van der Waals surface area (Å²) in [6.07, 6.45) is 0.943. The summed E-state index contributed by atoms with van der Waals surface area (Å²) in [6, 6.07) is 5.75. The summed E-state index contributed by atoms with van der Waals surface area (Å²) in [6.45, 7) is 4.40. The average Bonchev–Trinajstić information content (AvgIpc) is 2.03. The van der Waals surface area contributed by atoms with Gasteiger partial charge < -0.3 is 0 Å². The molecule has 0 aliphatic carbocycles. The van der Waals surface area contributed by atoms with Crippen LogP contribution < -0.4 is 0 Å². The molecule has 0 N–H and O–H groups in total. The van der Waals surface area contributed by atoms with Crippen molar-refractivity contribution in [2.45, 2.75) is 20.3 Å². The first-order valence-corrected chi connectivity index (χ1v) is 5.71. The van der Waals surface area contributed by atoms with Crippen molar-refractivity contribution >= 4 is 27.5 Å². The number of rotatable bonds is 3. The highest BCUT2D eigenvalue weighted by Gasteiger charge is 2.17. The normalized spacial score (nSPS) is 11.7. The Morgan fingerprint density at radius 3 is 2.69 bits per heavy atom. The zero-order valence-corrected chi connectivity index (χ0v) is 10.2. The minimum Gasteiger partial charge on any atom is -0.241 e. The fourth-order valence-electron chi connectivity index (χ4n) is 1.09. The smallest absolute Gasteiger partial charge is 0.129 e. The molecule has 0 aromatic carbocycles. The Morgan fingerprint density at radius 2 is 2.15 bits per heavy atom. The number of halogens is 2. The highest BCUT2D eigenvalue weighted by atomic mass is 79.9. The first-order valence-electron chi connectivity index (χ1n) is 4.21. The number of nitrogens with zero attached hydrogens (tertiary/aromatic N) is 1. The maximum Gasteiger partial charge on any atom is 0.129 e. The van der Waals surface area contributed by atoms with E-state index in [1.54, 1.807) is 6.07 Å². The van der Waals surface area contributed by atoms with Gasteiger partial charge in [-0.2, -0.15) is 0 Å². The lowest BCUT2D eigenvalue weighted by atomic mass is 9.90. The van der Waals surface area contributed by atoms with Gasteiger partial charge in [-0.05, 0) is 24.0 Å². The van der Waals surface area contributed by atoms with Gasteiger partial charge in [0.1, 0.15) is 5.15 Å². The van der Waals surface area contributed by atoms with E-state index in [1.807, 2.05) is 12.1 Å². The number of aromatic nitrogens is 1. The van der Waals surface area contributed by atoms with E-state index in [9.17, 15) is 0 Å². The minimum absolute atomic E-state index is 0.234. The third-order valence-electron chi connectivity index (χ3n) is 1.79. The van der Waals surface area contributed by atoms with Crippen molar-refractivity contribution in [1.82, 2.24) is 4.98 Å². The summed E-state index contributed by atoms with van der Waals surface area (Å²) in [5.74, 6) is 0. The molecule has 0 radical (unpaired) electrons. The number of hydrogen-bond donors (Lipinski definition) is 0. The molecule has 1 heterocycles. The molecule has 0 spiro atoms. The second kappa shape index (κ2) is 4.43. The molecule has 0 amide bonds. The molecular formula is C10H13BrClN. The SMILES string of the molecule is CC(C)(CBr)Cc1cccc(Cl)n1. The van der Waals surface area contributed by atoms with Crippen LogP contribution in [0.25, 0.3) is 0 Å². The Labute approximate surface area is 92.6 Å². The molecule has 1 rings (SSSR count). The maximum atomic E-state index is 5.79. The van der Waals surface area contributed by atoms with Gasteiger partial charge in [0.15, 0.2) is 0 Å². The second-order valence-corrected chi connectivity index (χ2v) is 4.87. The molecule has 0 aliphatic heterocycles. The molecule has 0 atom stereocenters. The van der Waals surface area contributed by atoms with E-state index in [4.69, 9.17) is 11.6 Å². The molecule has 0 bridgehead atoms. The van der Waals surface area contributed by atoms with E-state index in [2.05, 4.69) is 34.8 Å². The zero-order valence-electron chi connectivity index (χ0n) is 7.85. The van der Waals surface area contributed by atoms with E-state index in [0.717, 1.165) is 17.4 Å². The van der Waals surface area contributed by atoms with Crippen LogP contribution >= 0.6 is 27.5 Å². The van der Waals surface area contributed by atoms with Crippen molar-refractivity contribution < 1.29 is 0 Å². The van der Waals surface area contributed by atoms with Gasteiger partial charge in [-0.1, -0.05) is 47.4 Å². The zero-order chi connectivity index (χ0) is 9.90. The van der Waals surface area contributed by atoms with Crippen LogP contribution in [0, 0.1) is 5.41 Å². The van der Waals surface area contributed by atoms with Crippen molar-refractivity contribution in [1.29, 1.82) is 0 Å². The predicted molar refractivity (Wildman–Crippen MR) is 60.5 cm³/mol. The molecule has 72 valence electrons. The second-order valence-electron chi connectivity index (χ2n) is 3.93. The molecule has 0 fully saturated rings. The topological polar surface area (TPSA) is 12.9 Å². The first-order chi connectivity index (χ1) is 6.03. The molecule has 0 aliphatic rings. The third kappa shape index (κ3) is 3.65. The van der Waals surface area contributed by atoms with Gasteiger partial charge in [0.25, 0.3) is 0 Å². The average molecular weight is 263 g/mol. The van der Waals surface area contributed by atoms with E-state index < -0.39 is 0 Å². The first kappa shape index (κ1) is 11.0. The van der Waals surface area contributed by atoms with Crippen LogP contribution in [0.1, 0.15) is 19.5 Å². The van der Waals surface area contributed by atoms with Gasteiger partial charge in [0.2, 0.25) is 0 Å². The van der Waals surface area contributed by atoms with Crippen LogP contribution in [0.4, 0.5) is 0 Å². The highest BCUT2D eigenvalue weighted by molar-refractivity contribution is 9.09. The molecule has 1 aromatic rings. The molecular weight excluding hydrogens is 249 g/mol. The van der Waals surface area contributed by atoms with Crippen molar-refractivity contribution in [2.24, 2.45) is 5.41 Å². The van der Waals surface area contributed by atoms with Crippen LogP contribution in [0.5, 0.6) is 0 Å². The van der Waals surface area contributed by atoms with Crippen LogP contribution in [-0.2, 0) is 6.42 Å². The number of pyridine rings is 1. The lowest BCUT2D eigenvalue weighted by Crippen LogP contribution is -2.17. The number of hydrogen-bond acceptors (Lipinski definition) is 1. The van der Waals surface area contributed by atoms with Crippen molar-refractivity contribution in [3.63, 3.8) is 0 Å². The van der Waals surface area contributed by atoms with Crippen LogP contribution in [-0.4, -0.2) is 10.3 Å². The lowest BCUT2D eigenvalue weighted by Gasteiger charge is -2.20. The summed E-state index contributed by atoms with van der Waals surface area (Å²) in [4.78, 5) is 4.25. The third-order valence-corrected chi connectivity index (χ3v) is 3.52. The summed E-state index contributed by atoms with van der Waals surface area (Å²) < 4.78 is 0. The molecule has 0 saturated carbocycles. The van der Waals surface area contributed by atoms with Gasteiger partial charge in [-0.15, -0.1) is 0 Å². The predicted octanol–water partition coefficient (Wildman–Crippen LogP) is 3.70. The minimum atomic E-state index is 0.234. The van der Waals surface area contributed by atoms with E-state index in [-0.39, 0.29) is 5.41 Å². The molecule has 0 unspecified atom stereocenters. The Kier molecular flexibility index (Phi) is 3.74. The van der Waals surface area contributed by atoms with E-state index in [1.165, 1.54) is 0 Å². The summed E-state index contributed by atoms with van der Waals surface area (Å²) >= 11 is 9.28. The quantitative estimate of drug-likeness (QED) is 0.598. The lowest BCUT2D eigenvalue weighted by molar-refractivity contribution is 0.420. The largest absolute Gasteiger partial charge is 0.241 e. The van der Waals surface area contributed by atoms with Gasteiger partial charge in [0.05, 0.1) is 0 Å². The maximum absolute atomic E-state index is 5.79. The molecule has 3 heteroatoms. The van der Waals surface area contributed by atoms with Crippen LogP contribution in [0.2, 0.25) is 5.15 Å². The molecule has 1 aromatic heterocycles. The van der Waals surface area contributed by atoms with Gasteiger partial charge in [-0.25, -0.2) is 4.98 Å². The van der Waals surface area contributed by atoms with Gasteiger partial charge >= 0.3 is 0 Å². The van der Waals surface area contributed by atoms with E-state index >= 15 is 0 Å². The van der Waals surface area contributed by atoms with Crippen molar-refractivity contribution in [2.75, 3.05) is 5.33 Å². The Hall–Kier alpha value is -0.0800. The monoisotopic (exact) mass is 261 g/mol. The summed E-state index contributed by atoms with van der Waals surface area (Å²) in [5, 5.41) is 1.54. The molecule has 1 nitrogen and oxygen atoms in total. The van der Waals surface area contributed by atoms with Gasteiger partial charge in [0, 0.05) is 11.0 Å². The summed E-state index contributed by atoms with van der Waals surface area (Å²) in [5.41, 5.74) is 1.29. The standard InChI is InChI=1S/C10H13BrClN/c1-10(2,7-11)6-8-4-3-5-9(12)13-8/h3-5H,6-7H2,1-2H3. The van der Waals surface area contributed by atoms with Crippen molar-refractivity contribution in [3.05, 3.63) is 29.0 Å². The summed E-state index contributed by atoms with van der Waals surface area (Å²) in [7, 11) is 0. The van der Waals surface area contributed by atoms with Crippen molar-refractivity contribution in [3.8, 4) is 0 Å². The Balaban J connectivity index is 2.74. The molecule has 0 saturated heterocycles. The number of alkyl halides is 1.